The molecule has 0 aromatic heterocycles. The first-order chi connectivity index (χ1) is 14.2. The van der Waals surface area contributed by atoms with Crippen LogP contribution in [-0.2, 0) is 0 Å². The van der Waals surface area contributed by atoms with Crippen molar-refractivity contribution in [3.8, 4) is 0 Å². The van der Waals surface area contributed by atoms with Crippen LogP contribution < -0.4 is 0 Å². The first-order valence-electron chi connectivity index (χ1n) is 13.8. The second-order valence-electron chi connectivity index (χ2n) is 11.5. The first kappa shape index (κ1) is 24.1. The minimum absolute atomic E-state index is 0.810. The molecule has 1 unspecified atom stereocenters. The number of rotatable bonds is 10. The molecule has 0 aromatic carbocycles. The SMILES string of the molecule is CCC[C@H]1CC[C@H](CCC2CCC(CC(Br)[C@H]3CC[C@H](CCC)CC3)CC2)CC1. The van der Waals surface area contributed by atoms with Gasteiger partial charge in [0.05, 0.1) is 0 Å². The van der Waals surface area contributed by atoms with Crippen LogP contribution in [0.15, 0.2) is 0 Å². The highest BCUT2D eigenvalue weighted by Crippen LogP contribution is 2.42. The van der Waals surface area contributed by atoms with Crippen LogP contribution >= 0.6 is 15.9 Å². The molecule has 0 radical (unpaired) electrons. The maximum absolute atomic E-state index is 4.15. The molecule has 3 aliphatic carbocycles. The Morgan fingerprint density at radius 3 is 1.28 bits per heavy atom. The molecule has 1 atom stereocenters. The fraction of sp³-hybridized carbons (Fsp3) is 1.00. The summed E-state index contributed by atoms with van der Waals surface area (Å²) in [6, 6.07) is 0. The fourth-order valence-corrected chi connectivity index (χ4v) is 8.26. The van der Waals surface area contributed by atoms with Gasteiger partial charge >= 0.3 is 0 Å². The molecule has 0 aromatic rings. The summed E-state index contributed by atoms with van der Waals surface area (Å²) in [5.74, 6) is 6.27. The summed E-state index contributed by atoms with van der Waals surface area (Å²) in [5, 5.41) is 0. The van der Waals surface area contributed by atoms with Crippen LogP contribution in [-0.4, -0.2) is 4.83 Å². The van der Waals surface area contributed by atoms with Crippen molar-refractivity contribution in [3.63, 3.8) is 0 Å². The summed E-state index contributed by atoms with van der Waals surface area (Å²) < 4.78 is 0. The van der Waals surface area contributed by atoms with Crippen LogP contribution in [0.4, 0.5) is 0 Å². The fourth-order valence-electron chi connectivity index (χ4n) is 7.20. The molecule has 3 saturated carbocycles. The Hall–Kier alpha value is 0.480. The lowest BCUT2D eigenvalue weighted by molar-refractivity contribution is 0.198. The van der Waals surface area contributed by atoms with Gasteiger partial charge in [-0.25, -0.2) is 0 Å². The quantitative estimate of drug-likeness (QED) is 0.280. The molecule has 0 N–H and O–H groups in total. The number of hydrogen-bond acceptors (Lipinski definition) is 0. The molecule has 170 valence electrons. The molecule has 29 heavy (non-hydrogen) atoms. The number of alkyl halides is 1. The number of halogens is 1. The van der Waals surface area contributed by atoms with Crippen LogP contribution in [0.25, 0.3) is 0 Å². The zero-order valence-corrected chi connectivity index (χ0v) is 21.4. The second kappa shape index (κ2) is 13.1. The Labute approximate surface area is 191 Å². The van der Waals surface area contributed by atoms with Crippen molar-refractivity contribution in [1.29, 1.82) is 0 Å². The second-order valence-corrected chi connectivity index (χ2v) is 12.6. The van der Waals surface area contributed by atoms with Gasteiger partial charge in [0, 0.05) is 4.83 Å². The van der Waals surface area contributed by atoms with Gasteiger partial charge in [-0.3, -0.25) is 0 Å². The van der Waals surface area contributed by atoms with Crippen molar-refractivity contribution in [1.82, 2.24) is 0 Å². The van der Waals surface area contributed by atoms with Crippen LogP contribution in [0.2, 0.25) is 0 Å². The van der Waals surface area contributed by atoms with Crippen molar-refractivity contribution in [3.05, 3.63) is 0 Å². The normalized spacial score (nSPS) is 37.3. The smallest absolute Gasteiger partial charge is 0.0176 e. The molecule has 0 nitrogen and oxygen atoms in total. The molecule has 0 aliphatic heterocycles. The Morgan fingerprint density at radius 1 is 0.517 bits per heavy atom. The summed E-state index contributed by atoms with van der Waals surface area (Å²) in [7, 11) is 0. The predicted octanol–water partition coefficient (Wildman–Crippen LogP) is 9.94. The van der Waals surface area contributed by atoms with Gasteiger partial charge in [0.25, 0.3) is 0 Å². The van der Waals surface area contributed by atoms with Gasteiger partial charge in [0.15, 0.2) is 0 Å². The predicted molar refractivity (Wildman–Crippen MR) is 133 cm³/mol. The largest absolute Gasteiger partial charge is 0.0888 e. The van der Waals surface area contributed by atoms with Crippen LogP contribution in [0, 0.1) is 35.5 Å². The molecule has 0 saturated heterocycles. The third-order valence-electron chi connectivity index (χ3n) is 9.27. The third-order valence-corrected chi connectivity index (χ3v) is 10.4. The molecular weight excluding hydrogens is 416 g/mol. The van der Waals surface area contributed by atoms with E-state index in [9.17, 15) is 0 Å². The zero-order valence-electron chi connectivity index (χ0n) is 19.9. The van der Waals surface area contributed by atoms with E-state index in [0.29, 0.717) is 0 Å². The first-order valence-corrected chi connectivity index (χ1v) is 14.7. The van der Waals surface area contributed by atoms with Crippen LogP contribution in [0.5, 0.6) is 0 Å². The zero-order chi connectivity index (χ0) is 20.5. The Bertz CT molecular complexity index is 408. The van der Waals surface area contributed by atoms with Gasteiger partial charge in [-0.1, -0.05) is 133 Å². The molecule has 0 spiro atoms. The van der Waals surface area contributed by atoms with E-state index in [1.807, 2.05) is 0 Å². The average molecular weight is 468 g/mol. The van der Waals surface area contributed by atoms with E-state index in [1.165, 1.54) is 83.5 Å². The Morgan fingerprint density at radius 2 is 0.862 bits per heavy atom. The molecule has 0 heterocycles. The minimum atomic E-state index is 0.810. The summed E-state index contributed by atoms with van der Waals surface area (Å²) in [6.07, 6.45) is 28.6. The highest BCUT2D eigenvalue weighted by molar-refractivity contribution is 9.09. The topological polar surface area (TPSA) is 0 Å². The average Bonchev–Trinajstić information content (AvgIpc) is 2.75. The maximum Gasteiger partial charge on any atom is 0.0176 e. The highest BCUT2D eigenvalue weighted by atomic mass is 79.9. The lowest BCUT2D eigenvalue weighted by atomic mass is 9.73. The minimum Gasteiger partial charge on any atom is -0.0888 e. The van der Waals surface area contributed by atoms with Crippen molar-refractivity contribution in [2.24, 2.45) is 35.5 Å². The van der Waals surface area contributed by atoms with E-state index in [0.717, 1.165) is 40.3 Å². The Balaban J connectivity index is 1.26. The van der Waals surface area contributed by atoms with E-state index in [2.05, 4.69) is 29.8 Å². The molecule has 3 rings (SSSR count). The summed E-state index contributed by atoms with van der Waals surface area (Å²) >= 11 is 4.15. The lowest BCUT2D eigenvalue weighted by Gasteiger charge is -2.35. The van der Waals surface area contributed by atoms with Gasteiger partial charge in [-0.2, -0.15) is 0 Å². The van der Waals surface area contributed by atoms with Crippen molar-refractivity contribution in [2.75, 3.05) is 0 Å². The highest BCUT2D eigenvalue weighted by Gasteiger charge is 2.30. The summed E-state index contributed by atoms with van der Waals surface area (Å²) in [6.45, 7) is 4.71. The van der Waals surface area contributed by atoms with E-state index in [4.69, 9.17) is 0 Å². The van der Waals surface area contributed by atoms with E-state index in [-0.39, 0.29) is 0 Å². The van der Waals surface area contributed by atoms with Crippen molar-refractivity contribution >= 4 is 15.9 Å². The van der Waals surface area contributed by atoms with Gasteiger partial charge in [-0.15, -0.1) is 0 Å². The summed E-state index contributed by atoms with van der Waals surface area (Å²) in [4.78, 5) is 0.810. The van der Waals surface area contributed by atoms with E-state index in [1.54, 1.807) is 38.5 Å². The molecule has 0 amide bonds. The van der Waals surface area contributed by atoms with Crippen molar-refractivity contribution in [2.45, 2.75) is 141 Å². The third kappa shape index (κ3) is 8.16. The van der Waals surface area contributed by atoms with Crippen LogP contribution in [0.1, 0.15) is 136 Å². The molecule has 3 fully saturated rings. The maximum atomic E-state index is 4.15. The van der Waals surface area contributed by atoms with Gasteiger partial charge in [0.1, 0.15) is 0 Å². The molecular formula is C28H51Br. The van der Waals surface area contributed by atoms with E-state index < -0.39 is 0 Å². The van der Waals surface area contributed by atoms with E-state index >= 15 is 0 Å². The van der Waals surface area contributed by atoms with Crippen molar-refractivity contribution < 1.29 is 0 Å². The lowest BCUT2D eigenvalue weighted by Crippen LogP contribution is -2.25. The van der Waals surface area contributed by atoms with Gasteiger partial charge < -0.3 is 0 Å². The van der Waals surface area contributed by atoms with Gasteiger partial charge in [0.2, 0.25) is 0 Å². The van der Waals surface area contributed by atoms with Gasteiger partial charge in [-0.05, 0) is 54.8 Å². The standard InChI is InChI=1S/C28H51Br/c1-3-5-22-7-9-24(10-8-22)11-12-25-13-15-26(16-14-25)21-28(29)27-19-17-23(6-4-2)18-20-27/h22-28H,3-21H2,1-2H3/t22-,23-,24-,25?,26?,27-,28?. The molecule has 3 aliphatic rings. The summed E-state index contributed by atoms with van der Waals surface area (Å²) in [5.41, 5.74) is 0. The molecule has 1 heteroatoms. The molecule has 0 bridgehead atoms. The monoisotopic (exact) mass is 466 g/mol. The van der Waals surface area contributed by atoms with Crippen LogP contribution in [0.3, 0.4) is 0 Å². The number of hydrogen-bond donors (Lipinski definition) is 0. The Kier molecular flexibility index (Phi) is 10.9.